The fraction of sp³-hybridized carbons (Fsp3) is 0.333. The van der Waals surface area contributed by atoms with Gasteiger partial charge in [-0.05, 0) is 35.2 Å². The van der Waals surface area contributed by atoms with Gasteiger partial charge in [-0.1, -0.05) is 57.2 Å². The second-order valence-corrected chi connectivity index (χ2v) is 3.44. The van der Waals surface area contributed by atoms with Crippen LogP contribution in [-0.4, -0.2) is 0 Å². The van der Waals surface area contributed by atoms with E-state index in [0.717, 1.165) is 6.42 Å². The van der Waals surface area contributed by atoms with E-state index in [1.54, 1.807) is 0 Å². The van der Waals surface area contributed by atoms with Gasteiger partial charge < -0.3 is 0 Å². The monoisotopic (exact) mass is 200 g/mol. The van der Waals surface area contributed by atoms with Crippen molar-refractivity contribution < 1.29 is 0 Å². The van der Waals surface area contributed by atoms with Crippen LogP contribution in [0.15, 0.2) is 36.4 Å². The molecule has 2 aromatic rings. The zero-order valence-corrected chi connectivity index (χ0v) is 10.2. The number of aryl methyl sites for hydroxylation is 2. The Bertz CT molecular complexity index is 427. The van der Waals surface area contributed by atoms with Crippen molar-refractivity contribution in [3.63, 3.8) is 0 Å². The van der Waals surface area contributed by atoms with Crippen LogP contribution in [0.1, 0.15) is 31.9 Å². The lowest BCUT2D eigenvalue weighted by Gasteiger charge is -2.05. The summed E-state index contributed by atoms with van der Waals surface area (Å²) >= 11 is 0. The van der Waals surface area contributed by atoms with Crippen LogP contribution in [0.2, 0.25) is 0 Å². The minimum Gasteiger partial charge on any atom is -0.0683 e. The van der Waals surface area contributed by atoms with Crippen LogP contribution in [-0.2, 0) is 6.42 Å². The molecule has 0 radical (unpaired) electrons. The first-order valence-corrected chi connectivity index (χ1v) is 5.80. The van der Waals surface area contributed by atoms with Gasteiger partial charge in [0.25, 0.3) is 0 Å². The molecule has 15 heavy (non-hydrogen) atoms. The van der Waals surface area contributed by atoms with Crippen LogP contribution < -0.4 is 0 Å². The summed E-state index contributed by atoms with van der Waals surface area (Å²) < 4.78 is 0. The molecule has 2 aromatic carbocycles. The predicted molar refractivity (Wildman–Crippen MR) is 69.4 cm³/mol. The fourth-order valence-electron chi connectivity index (χ4n) is 1.84. The molecule has 0 unspecified atom stereocenters. The maximum Gasteiger partial charge on any atom is -0.0149 e. The molecule has 0 heterocycles. The molecule has 0 spiro atoms. The Balaban J connectivity index is 0.000000531. The lowest BCUT2D eigenvalue weighted by molar-refractivity contribution is 1.16. The van der Waals surface area contributed by atoms with Crippen LogP contribution in [0.25, 0.3) is 10.8 Å². The van der Waals surface area contributed by atoms with E-state index in [2.05, 4.69) is 50.2 Å². The molecule has 0 fully saturated rings. The van der Waals surface area contributed by atoms with Gasteiger partial charge in [0.05, 0.1) is 0 Å². The zero-order chi connectivity index (χ0) is 11.3. The highest BCUT2D eigenvalue weighted by molar-refractivity contribution is 5.88. The average molecular weight is 200 g/mol. The van der Waals surface area contributed by atoms with E-state index in [0.29, 0.717) is 0 Å². The molecule has 0 nitrogen and oxygen atoms in total. The fourth-order valence-corrected chi connectivity index (χ4v) is 1.84. The average Bonchev–Trinajstić information content (AvgIpc) is 2.32. The Hall–Kier alpha value is -1.30. The van der Waals surface area contributed by atoms with Crippen molar-refractivity contribution >= 4 is 10.8 Å². The summed E-state index contributed by atoms with van der Waals surface area (Å²) in [6, 6.07) is 13.1. The van der Waals surface area contributed by atoms with Gasteiger partial charge in [-0.25, -0.2) is 0 Å². The number of hydrogen-bond donors (Lipinski definition) is 0. The second kappa shape index (κ2) is 5.55. The molecule has 0 atom stereocenters. The molecule has 0 aliphatic heterocycles. The van der Waals surface area contributed by atoms with Gasteiger partial charge in [-0.2, -0.15) is 0 Å². The van der Waals surface area contributed by atoms with Gasteiger partial charge in [0.1, 0.15) is 0 Å². The number of fused-ring (bicyclic) bond motifs is 1. The first-order valence-electron chi connectivity index (χ1n) is 5.80. The Kier molecular flexibility index (Phi) is 4.36. The lowest BCUT2D eigenvalue weighted by atomic mass is 10.00. The van der Waals surface area contributed by atoms with Gasteiger partial charge in [0.15, 0.2) is 0 Å². The molecule has 0 aliphatic rings. The van der Waals surface area contributed by atoms with Crippen molar-refractivity contribution in [2.24, 2.45) is 0 Å². The van der Waals surface area contributed by atoms with Crippen molar-refractivity contribution in [3.8, 4) is 0 Å². The molecule has 0 amide bonds. The number of benzene rings is 2. The molecule has 0 saturated heterocycles. The van der Waals surface area contributed by atoms with Gasteiger partial charge in [-0.3, -0.25) is 0 Å². The number of hydrogen-bond acceptors (Lipinski definition) is 0. The molecule has 0 aromatic heterocycles. The Morgan fingerprint density at radius 1 is 0.867 bits per heavy atom. The maximum absolute atomic E-state index is 2.21. The first-order chi connectivity index (χ1) is 7.33. The van der Waals surface area contributed by atoms with E-state index in [4.69, 9.17) is 0 Å². The third kappa shape index (κ3) is 2.38. The summed E-state index contributed by atoms with van der Waals surface area (Å²) in [6.07, 6.45) is 1.11. The molecule has 80 valence electrons. The van der Waals surface area contributed by atoms with E-state index < -0.39 is 0 Å². The highest BCUT2D eigenvalue weighted by Crippen LogP contribution is 2.21. The zero-order valence-electron chi connectivity index (χ0n) is 10.2. The van der Waals surface area contributed by atoms with Crippen molar-refractivity contribution in [2.45, 2.75) is 34.1 Å². The summed E-state index contributed by atoms with van der Waals surface area (Å²) in [5, 5.41) is 2.80. The third-order valence-corrected chi connectivity index (χ3v) is 2.61. The van der Waals surface area contributed by atoms with Crippen LogP contribution in [0.3, 0.4) is 0 Å². The Morgan fingerprint density at radius 3 is 2.13 bits per heavy atom. The molecule has 2 rings (SSSR count). The van der Waals surface area contributed by atoms with Gasteiger partial charge in [0, 0.05) is 0 Å². The summed E-state index contributed by atoms with van der Waals surface area (Å²) in [6.45, 7) is 8.37. The molecule has 0 heteroatoms. The Labute approximate surface area is 92.9 Å². The highest BCUT2D eigenvalue weighted by atomic mass is 14.0. The van der Waals surface area contributed by atoms with Crippen LogP contribution in [0, 0.1) is 6.92 Å². The third-order valence-electron chi connectivity index (χ3n) is 2.61. The summed E-state index contributed by atoms with van der Waals surface area (Å²) in [5.74, 6) is 0. The predicted octanol–water partition coefficient (Wildman–Crippen LogP) is 4.74. The lowest BCUT2D eigenvalue weighted by Crippen LogP contribution is -1.84. The summed E-state index contributed by atoms with van der Waals surface area (Å²) in [4.78, 5) is 0. The van der Waals surface area contributed by atoms with E-state index in [1.807, 2.05) is 13.8 Å². The van der Waals surface area contributed by atoms with Crippen LogP contribution >= 0.6 is 0 Å². The van der Waals surface area contributed by atoms with Crippen molar-refractivity contribution in [1.29, 1.82) is 0 Å². The van der Waals surface area contributed by atoms with Gasteiger partial charge in [-0.15, -0.1) is 0 Å². The Morgan fingerprint density at radius 2 is 1.47 bits per heavy atom. The molecular formula is C15H20. The molecule has 0 bridgehead atoms. The minimum atomic E-state index is 1.11. The summed E-state index contributed by atoms with van der Waals surface area (Å²) in [5.41, 5.74) is 2.81. The van der Waals surface area contributed by atoms with Crippen molar-refractivity contribution in [3.05, 3.63) is 47.5 Å². The van der Waals surface area contributed by atoms with E-state index in [9.17, 15) is 0 Å². The molecule has 0 saturated carbocycles. The van der Waals surface area contributed by atoms with Crippen molar-refractivity contribution in [2.75, 3.05) is 0 Å². The van der Waals surface area contributed by atoms with Crippen LogP contribution in [0.4, 0.5) is 0 Å². The highest BCUT2D eigenvalue weighted by Gasteiger charge is 1.99. The van der Waals surface area contributed by atoms with E-state index >= 15 is 0 Å². The normalized spacial score (nSPS) is 9.60. The maximum atomic E-state index is 2.21. The van der Waals surface area contributed by atoms with Crippen molar-refractivity contribution in [1.82, 2.24) is 0 Å². The SMILES string of the molecule is CC.CCc1cccc2c(C)cccc12. The first kappa shape index (κ1) is 11.8. The standard InChI is InChI=1S/C13H14.C2H6/c1-3-11-7-5-8-12-10(2)6-4-9-13(11)12;1-2/h4-9H,3H2,1-2H3;1-2H3. The van der Waals surface area contributed by atoms with Gasteiger partial charge >= 0.3 is 0 Å². The quantitative estimate of drug-likeness (QED) is 0.624. The van der Waals surface area contributed by atoms with E-state index in [-0.39, 0.29) is 0 Å². The summed E-state index contributed by atoms with van der Waals surface area (Å²) in [7, 11) is 0. The molecule has 0 N–H and O–H groups in total. The largest absolute Gasteiger partial charge is 0.0683 e. The molecule has 0 aliphatic carbocycles. The molecular weight excluding hydrogens is 180 g/mol. The van der Waals surface area contributed by atoms with Crippen LogP contribution in [0.5, 0.6) is 0 Å². The minimum absolute atomic E-state index is 1.11. The number of rotatable bonds is 1. The van der Waals surface area contributed by atoms with E-state index in [1.165, 1.54) is 21.9 Å². The topological polar surface area (TPSA) is 0 Å². The van der Waals surface area contributed by atoms with Gasteiger partial charge in [0.2, 0.25) is 0 Å². The smallest absolute Gasteiger partial charge is 0.0149 e. The second-order valence-electron chi connectivity index (χ2n) is 3.44.